The monoisotopic (exact) mass is 308 g/mol. The van der Waals surface area contributed by atoms with Crippen molar-refractivity contribution in [3.05, 3.63) is 58.1 Å². The van der Waals surface area contributed by atoms with Gasteiger partial charge in [0.05, 0.1) is 11.9 Å². The second-order valence-corrected chi connectivity index (χ2v) is 5.07. The molecular formula is C14H14BrFN2. The van der Waals surface area contributed by atoms with Crippen LogP contribution in [-0.4, -0.2) is 4.98 Å². The van der Waals surface area contributed by atoms with Crippen molar-refractivity contribution in [1.29, 1.82) is 0 Å². The van der Waals surface area contributed by atoms with Crippen LogP contribution in [-0.2, 0) is 0 Å². The maximum Gasteiger partial charge on any atom is 0.124 e. The molecule has 1 atom stereocenters. The van der Waals surface area contributed by atoms with Gasteiger partial charge >= 0.3 is 0 Å². The molecule has 0 saturated carbocycles. The number of nitrogens with zero attached hydrogens (tertiary/aromatic N) is 1. The van der Waals surface area contributed by atoms with E-state index in [1.54, 1.807) is 12.3 Å². The fourth-order valence-electron chi connectivity index (χ4n) is 1.73. The van der Waals surface area contributed by atoms with Gasteiger partial charge in [0.1, 0.15) is 5.82 Å². The van der Waals surface area contributed by atoms with Crippen molar-refractivity contribution < 1.29 is 4.39 Å². The van der Waals surface area contributed by atoms with Crippen molar-refractivity contribution in [2.24, 2.45) is 0 Å². The van der Waals surface area contributed by atoms with E-state index in [1.807, 2.05) is 26.0 Å². The van der Waals surface area contributed by atoms with Gasteiger partial charge in [-0.1, -0.05) is 22.0 Å². The summed E-state index contributed by atoms with van der Waals surface area (Å²) >= 11 is 3.38. The van der Waals surface area contributed by atoms with E-state index in [9.17, 15) is 4.39 Å². The van der Waals surface area contributed by atoms with Crippen molar-refractivity contribution in [2.75, 3.05) is 5.32 Å². The number of hydrogen-bond donors (Lipinski definition) is 1. The van der Waals surface area contributed by atoms with E-state index in [1.165, 1.54) is 12.1 Å². The van der Waals surface area contributed by atoms with Gasteiger partial charge in [0.25, 0.3) is 0 Å². The summed E-state index contributed by atoms with van der Waals surface area (Å²) in [7, 11) is 0. The molecule has 1 N–H and O–H groups in total. The van der Waals surface area contributed by atoms with Crippen LogP contribution in [0.5, 0.6) is 0 Å². The number of benzene rings is 1. The van der Waals surface area contributed by atoms with Gasteiger partial charge in [0.15, 0.2) is 0 Å². The fraction of sp³-hybridized carbons (Fsp3) is 0.214. The third kappa shape index (κ3) is 3.07. The molecule has 1 aromatic carbocycles. The predicted molar refractivity (Wildman–Crippen MR) is 75.1 cm³/mol. The zero-order valence-corrected chi connectivity index (χ0v) is 11.8. The SMILES string of the molecule is Cc1ccc(NC(C)c2ccc(F)cc2Br)cn1. The highest BCUT2D eigenvalue weighted by Crippen LogP contribution is 2.26. The molecular weight excluding hydrogens is 295 g/mol. The van der Waals surface area contributed by atoms with Crippen molar-refractivity contribution >= 4 is 21.6 Å². The minimum atomic E-state index is -0.241. The lowest BCUT2D eigenvalue weighted by Gasteiger charge is -2.17. The maximum atomic E-state index is 13.0. The number of pyridine rings is 1. The topological polar surface area (TPSA) is 24.9 Å². The maximum absolute atomic E-state index is 13.0. The molecule has 0 spiro atoms. The molecule has 18 heavy (non-hydrogen) atoms. The Hall–Kier alpha value is -1.42. The zero-order valence-electron chi connectivity index (χ0n) is 10.2. The largest absolute Gasteiger partial charge is 0.377 e. The molecule has 0 aliphatic heterocycles. The summed E-state index contributed by atoms with van der Waals surface area (Å²) in [5, 5.41) is 3.33. The van der Waals surface area contributed by atoms with Crippen molar-refractivity contribution in [3.8, 4) is 0 Å². The molecule has 0 fully saturated rings. The highest BCUT2D eigenvalue weighted by molar-refractivity contribution is 9.10. The first-order chi connectivity index (χ1) is 8.56. The summed E-state index contributed by atoms with van der Waals surface area (Å²) in [6.45, 7) is 3.97. The van der Waals surface area contributed by atoms with Crippen LogP contribution in [0.4, 0.5) is 10.1 Å². The number of aromatic nitrogens is 1. The zero-order chi connectivity index (χ0) is 13.1. The number of nitrogens with one attached hydrogen (secondary N) is 1. The summed E-state index contributed by atoms with van der Waals surface area (Å²) in [6, 6.07) is 8.72. The Kier molecular flexibility index (Phi) is 3.97. The number of anilines is 1. The van der Waals surface area contributed by atoms with E-state index in [0.29, 0.717) is 0 Å². The van der Waals surface area contributed by atoms with Crippen LogP contribution < -0.4 is 5.32 Å². The molecule has 2 aromatic rings. The smallest absolute Gasteiger partial charge is 0.124 e. The van der Waals surface area contributed by atoms with Crippen molar-refractivity contribution in [3.63, 3.8) is 0 Å². The fourth-order valence-corrected chi connectivity index (χ4v) is 2.43. The van der Waals surface area contributed by atoms with Crippen LogP contribution in [0, 0.1) is 12.7 Å². The second kappa shape index (κ2) is 5.48. The summed E-state index contributed by atoms with van der Waals surface area (Å²) in [5.41, 5.74) is 2.94. The van der Waals surface area contributed by atoms with Gasteiger partial charge in [-0.25, -0.2) is 4.39 Å². The standard InChI is InChI=1S/C14H14BrFN2/c1-9-3-5-12(8-17-9)18-10(2)13-6-4-11(16)7-14(13)15/h3-8,10,18H,1-2H3. The Morgan fingerprint density at radius 1 is 1.28 bits per heavy atom. The predicted octanol–water partition coefficient (Wildman–Crippen LogP) is 4.46. The van der Waals surface area contributed by atoms with Gasteiger partial charge < -0.3 is 5.32 Å². The van der Waals surface area contributed by atoms with Crippen LogP contribution >= 0.6 is 15.9 Å². The normalized spacial score (nSPS) is 12.2. The molecule has 2 nitrogen and oxygen atoms in total. The van der Waals surface area contributed by atoms with Crippen LogP contribution in [0.1, 0.15) is 24.2 Å². The molecule has 2 rings (SSSR count). The average Bonchev–Trinajstić information content (AvgIpc) is 2.32. The van der Waals surface area contributed by atoms with E-state index >= 15 is 0 Å². The number of rotatable bonds is 3. The van der Waals surface area contributed by atoms with Gasteiger partial charge in [-0.2, -0.15) is 0 Å². The van der Waals surface area contributed by atoms with Crippen LogP contribution in [0.25, 0.3) is 0 Å². The highest BCUT2D eigenvalue weighted by Gasteiger charge is 2.10. The molecule has 4 heteroatoms. The van der Waals surface area contributed by atoms with Crippen LogP contribution in [0.15, 0.2) is 41.0 Å². The summed E-state index contributed by atoms with van der Waals surface area (Å²) in [4.78, 5) is 4.23. The summed E-state index contributed by atoms with van der Waals surface area (Å²) in [5.74, 6) is -0.241. The van der Waals surface area contributed by atoms with Gasteiger partial charge in [-0.05, 0) is 43.7 Å². The third-order valence-electron chi connectivity index (χ3n) is 2.72. The van der Waals surface area contributed by atoms with Crippen LogP contribution in [0.2, 0.25) is 0 Å². The molecule has 0 radical (unpaired) electrons. The Bertz CT molecular complexity index is 540. The molecule has 1 unspecified atom stereocenters. The quantitative estimate of drug-likeness (QED) is 0.905. The molecule has 0 amide bonds. The van der Waals surface area contributed by atoms with E-state index < -0.39 is 0 Å². The van der Waals surface area contributed by atoms with E-state index in [4.69, 9.17) is 0 Å². The minimum absolute atomic E-state index is 0.0736. The summed E-state index contributed by atoms with van der Waals surface area (Å²) < 4.78 is 13.8. The lowest BCUT2D eigenvalue weighted by molar-refractivity contribution is 0.625. The van der Waals surface area contributed by atoms with Crippen LogP contribution in [0.3, 0.4) is 0 Å². The Balaban J connectivity index is 2.16. The van der Waals surface area contributed by atoms with E-state index in [2.05, 4.69) is 26.2 Å². The van der Waals surface area contributed by atoms with E-state index in [0.717, 1.165) is 21.4 Å². The first-order valence-electron chi connectivity index (χ1n) is 5.70. The lowest BCUT2D eigenvalue weighted by atomic mass is 10.1. The number of hydrogen-bond acceptors (Lipinski definition) is 2. The Morgan fingerprint density at radius 3 is 2.67 bits per heavy atom. The van der Waals surface area contributed by atoms with Gasteiger partial charge in [-0.15, -0.1) is 0 Å². The molecule has 0 aliphatic carbocycles. The second-order valence-electron chi connectivity index (χ2n) is 4.22. The molecule has 0 saturated heterocycles. The molecule has 1 aromatic heterocycles. The Labute approximate surface area is 114 Å². The van der Waals surface area contributed by atoms with Crippen molar-refractivity contribution in [2.45, 2.75) is 19.9 Å². The first-order valence-corrected chi connectivity index (χ1v) is 6.49. The average molecular weight is 309 g/mol. The Morgan fingerprint density at radius 2 is 2.06 bits per heavy atom. The minimum Gasteiger partial charge on any atom is -0.377 e. The van der Waals surface area contributed by atoms with E-state index in [-0.39, 0.29) is 11.9 Å². The first kappa shape index (κ1) is 13.0. The molecule has 94 valence electrons. The highest BCUT2D eigenvalue weighted by atomic mass is 79.9. The number of halogens is 2. The van der Waals surface area contributed by atoms with Gasteiger partial charge in [0, 0.05) is 16.2 Å². The lowest BCUT2D eigenvalue weighted by Crippen LogP contribution is -2.07. The molecule has 0 aliphatic rings. The van der Waals surface area contributed by atoms with Crippen molar-refractivity contribution in [1.82, 2.24) is 4.98 Å². The molecule has 0 bridgehead atoms. The molecule has 1 heterocycles. The van der Waals surface area contributed by atoms with Gasteiger partial charge in [0.2, 0.25) is 0 Å². The number of aryl methyl sites for hydroxylation is 1. The third-order valence-corrected chi connectivity index (χ3v) is 3.41. The summed E-state index contributed by atoms with van der Waals surface area (Å²) in [6.07, 6.45) is 1.79. The van der Waals surface area contributed by atoms with Gasteiger partial charge in [-0.3, -0.25) is 4.98 Å².